The van der Waals surface area contributed by atoms with Crippen LogP contribution in [0.25, 0.3) is 0 Å². The third-order valence-corrected chi connectivity index (χ3v) is 4.50. The molecule has 7 nitrogen and oxygen atoms in total. The summed E-state index contributed by atoms with van der Waals surface area (Å²) in [6.45, 7) is 4.08. The van der Waals surface area contributed by atoms with E-state index in [0.717, 1.165) is 5.56 Å². The molecule has 1 aliphatic heterocycles. The number of benzene rings is 2. The van der Waals surface area contributed by atoms with Crippen molar-refractivity contribution in [2.75, 3.05) is 12.4 Å². The van der Waals surface area contributed by atoms with Crippen molar-refractivity contribution in [3.05, 3.63) is 53.6 Å². The third-order valence-electron chi connectivity index (χ3n) is 4.50. The molecule has 29 heavy (non-hydrogen) atoms. The van der Waals surface area contributed by atoms with E-state index in [9.17, 15) is 14.4 Å². The Morgan fingerprint density at radius 2 is 1.69 bits per heavy atom. The third kappa shape index (κ3) is 4.93. The van der Waals surface area contributed by atoms with Gasteiger partial charge in [-0.3, -0.25) is 19.3 Å². The topological polar surface area (TPSA) is 84.9 Å². The molecule has 0 atom stereocenters. The van der Waals surface area contributed by atoms with Gasteiger partial charge in [0.25, 0.3) is 5.91 Å². The summed E-state index contributed by atoms with van der Waals surface area (Å²) in [7, 11) is 1.53. The number of anilines is 1. The Morgan fingerprint density at radius 1 is 1.03 bits per heavy atom. The normalized spacial score (nSPS) is 13.7. The van der Waals surface area contributed by atoms with Crippen LogP contribution in [0, 0.1) is 0 Å². The first-order valence-electron chi connectivity index (χ1n) is 9.45. The highest BCUT2D eigenvalue weighted by Gasteiger charge is 2.28. The van der Waals surface area contributed by atoms with Crippen LogP contribution in [0.15, 0.2) is 42.5 Å². The maximum absolute atomic E-state index is 12.6. The molecule has 0 radical (unpaired) electrons. The summed E-state index contributed by atoms with van der Waals surface area (Å²) in [6, 6.07) is 12.1. The second kappa shape index (κ2) is 8.77. The molecule has 1 fully saturated rings. The predicted molar refractivity (Wildman–Crippen MR) is 108 cm³/mol. The molecule has 0 spiro atoms. The van der Waals surface area contributed by atoms with E-state index >= 15 is 0 Å². The largest absolute Gasteiger partial charge is 0.493 e. The Balaban J connectivity index is 1.66. The fourth-order valence-corrected chi connectivity index (χ4v) is 3.04. The monoisotopic (exact) mass is 396 g/mol. The standard InChI is InChI=1S/C22H24N2O5/c1-14(2)29-18-9-6-16(12-19(18)28-3)22(27)23-17-7-4-15(5-8-17)13-24-20(25)10-11-21(24)26/h4-9,12,14H,10-11,13H2,1-3H3,(H,23,27). The van der Waals surface area contributed by atoms with Crippen LogP contribution in [-0.4, -0.2) is 35.8 Å². The molecule has 0 aliphatic carbocycles. The van der Waals surface area contributed by atoms with Gasteiger partial charge in [0.2, 0.25) is 11.8 Å². The van der Waals surface area contributed by atoms with E-state index in [1.54, 1.807) is 42.5 Å². The predicted octanol–water partition coefficient (Wildman–Crippen LogP) is 3.38. The summed E-state index contributed by atoms with van der Waals surface area (Å²) in [6.07, 6.45) is 0.544. The minimum Gasteiger partial charge on any atom is -0.493 e. The number of hydrogen-bond acceptors (Lipinski definition) is 5. The van der Waals surface area contributed by atoms with E-state index in [1.165, 1.54) is 12.0 Å². The van der Waals surface area contributed by atoms with Crippen LogP contribution in [-0.2, 0) is 16.1 Å². The maximum atomic E-state index is 12.6. The molecular weight excluding hydrogens is 372 g/mol. The average molecular weight is 396 g/mol. The Bertz CT molecular complexity index is 905. The zero-order valence-corrected chi connectivity index (χ0v) is 16.7. The number of hydrogen-bond donors (Lipinski definition) is 1. The van der Waals surface area contributed by atoms with Gasteiger partial charge in [0, 0.05) is 24.1 Å². The molecule has 7 heteroatoms. The second-order valence-electron chi connectivity index (χ2n) is 7.06. The number of ether oxygens (including phenoxy) is 2. The molecule has 0 unspecified atom stereocenters. The van der Waals surface area contributed by atoms with E-state index in [-0.39, 0.29) is 43.2 Å². The fraction of sp³-hybridized carbons (Fsp3) is 0.318. The van der Waals surface area contributed by atoms with Crippen molar-refractivity contribution in [1.82, 2.24) is 4.90 Å². The number of likely N-dealkylation sites (tertiary alicyclic amines) is 1. The lowest BCUT2D eigenvalue weighted by Gasteiger charge is -2.15. The molecule has 3 rings (SSSR count). The molecule has 1 aliphatic rings. The van der Waals surface area contributed by atoms with Crippen molar-refractivity contribution in [3.63, 3.8) is 0 Å². The summed E-state index contributed by atoms with van der Waals surface area (Å²) in [5.41, 5.74) is 1.87. The fourth-order valence-electron chi connectivity index (χ4n) is 3.04. The summed E-state index contributed by atoms with van der Waals surface area (Å²) in [4.78, 5) is 37.3. The molecule has 1 saturated heterocycles. The molecule has 1 N–H and O–H groups in total. The first-order chi connectivity index (χ1) is 13.9. The van der Waals surface area contributed by atoms with Crippen molar-refractivity contribution in [2.45, 2.75) is 39.3 Å². The Hall–Kier alpha value is -3.35. The highest BCUT2D eigenvalue weighted by molar-refractivity contribution is 6.04. The van der Waals surface area contributed by atoms with Crippen molar-refractivity contribution >= 4 is 23.4 Å². The van der Waals surface area contributed by atoms with Gasteiger partial charge in [0.15, 0.2) is 11.5 Å². The highest BCUT2D eigenvalue weighted by atomic mass is 16.5. The van der Waals surface area contributed by atoms with Crippen LogP contribution in [0.4, 0.5) is 5.69 Å². The second-order valence-corrected chi connectivity index (χ2v) is 7.06. The summed E-state index contributed by atoms with van der Waals surface area (Å²) >= 11 is 0. The van der Waals surface area contributed by atoms with Gasteiger partial charge in [-0.15, -0.1) is 0 Å². The number of rotatable bonds is 7. The maximum Gasteiger partial charge on any atom is 0.255 e. The summed E-state index contributed by atoms with van der Waals surface area (Å²) < 4.78 is 11.0. The van der Waals surface area contributed by atoms with E-state index < -0.39 is 0 Å². The average Bonchev–Trinajstić information content (AvgIpc) is 3.01. The first-order valence-corrected chi connectivity index (χ1v) is 9.45. The van der Waals surface area contributed by atoms with Gasteiger partial charge in [0.05, 0.1) is 19.8 Å². The van der Waals surface area contributed by atoms with Crippen LogP contribution in [0.1, 0.15) is 42.6 Å². The molecule has 0 aromatic heterocycles. The summed E-state index contributed by atoms with van der Waals surface area (Å²) in [5, 5.41) is 2.83. The van der Waals surface area contributed by atoms with Crippen molar-refractivity contribution in [3.8, 4) is 11.5 Å². The lowest BCUT2D eigenvalue weighted by atomic mass is 10.1. The van der Waals surface area contributed by atoms with Crippen molar-refractivity contribution < 1.29 is 23.9 Å². The van der Waals surface area contributed by atoms with E-state index in [1.807, 2.05) is 13.8 Å². The van der Waals surface area contributed by atoms with E-state index in [0.29, 0.717) is 22.7 Å². The first kappa shape index (κ1) is 20.4. The van der Waals surface area contributed by atoms with Gasteiger partial charge < -0.3 is 14.8 Å². The Morgan fingerprint density at radius 3 is 2.28 bits per heavy atom. The number of carbonyl (C=O) groups excluding carboxylic acids is 3. The Labute approximate surface area is 169 Å². The molecule has 0 bridgehead atoms. The van der Waals surface area contributed by atoms with Crippen LogP contribution < -0.4 is 14.8 Å². The summed E-state index contributed by atoms with van der Waals surface area (Å²) in [5.74, 6) is 0.491. The highest BCUT2D eigenvalue weighted by Crippen LogP contribution is 2.29. The molecule has 0 saturated carbocycles. The van der Waals surface area contributed by atoms with E-state index in [2.05, 4.69) is 5.32 Å². The zero-order chi connectivity index (χ0) is 21.0. The van der Waals surface area contributed by atoms with Crippen LogP contribution >= 0.6 is 0 Å². The smallest absolute Gasteiger partial charge is 0.255 e. The lowest BCUT2D eigenvalue weighted by Crippen LogP contribution is -2.28. The molecule has 3 amide bonds. The number of carbonyl (C=O) groups is 3. The number of methoxy groups -OCH3 is 1. The lowest BCUT2D eigenvalue weighted by molar-refractivity contribution is -0.139. The van der Waals surface area contributed by atoms with Gasteiger partial charge in [0.1, 0.15) is 0 Å². The van der Waals surface area contributed by atoms with Gasteiger partial charge in [-0.25, -0.2) is 0 Å². The zero-order valence-electron chi connectivity index (χ0n) is 16.7. The van der Waals surface area contributed by atoms with Crippen LogP contribution in [0.3, 0.4) is 0 Å². The minimum atomic E-state index is -0.281. The van der Waals surface area contributed by atoms with Crippen LogP contribution in [0.5, 0.6) is 11.5 Å². The van der Waals surface area contributed by atoms with Gasteiger partial charge in [-0.2, -0.15) is 0 Å². The SMILES string of the molecule is COc1cc(C(=O)Nc2ccc(CN3C(=O)CCC3=O)cc2)ccc1OC(C)C. The van der Waals surface area contributed by atoms with Crippen molar-refractivity contribution in [1.29, 1.82) is 0 Å². The van der Waals surface area contributed by atoms with Gasteiger partial charge >= 0.3 is 0 Å². The molecule has 2 aromatic carbocycles. The number of nitrogens with zero attached hydrogens (tertiary/aromatic N) is 1. The number of nitrogens with one attached hydrogen (secondary N) is 1. The Kier molecular flexibility index (Phi) is 6.16. The van der Waals surface area contributed by atoms with E-state index in [4.69, 9.17) is 9.47 Å². The quantitative estimate of drug-likeness (QED) is 0.725. The van der Waals surface area contributed by atoms with Crippen LogP contribution in [0.2, 0.25) is 0 Å². The molecule has 2 aromatic rings. The molecular formula is C22H24N2O5. The molecule has 152 valence electrons. The van der Waals surface area contributed by atoms with Crippen molar-refractivity contribution in [2.24, 2.45) is 0 Å². The molecule has 1 heterocycles. The number of imide groups is 1. The minimum absolute atomic E-state index is 0.00626. The van der Waals surface area contributed by atoms with Gasteiger partial charge in [-0.05, 0) is 49.7 Å². The number of amides is 3. The van der Waals surface area contributed by atoms with Gasteiger partial charge in [-0.1, -0.05) is 12.1 Å².